The summed E-state index contributed by atoms with van der Waals surface area (Å²) in [4.78, 5) is 20.9. The number of H-pyrrole nitrogens is 1. The van der Waals surface area contributed by atoms with E-state index in [9.17, 15) is 4.79 Å². The van der Waals surface area contributed by atoms with E-state index in [2.05, 4.69) is 25.5 Å². The Morgan fingerprint density at radius 1 is 1.47 bits per heavy atom. The molecule has 0 aromatic carbocycles. The maximum Gasteiger partial charge on any atom is 0.230 e. The second kappa shape index (κ2) is 6.33. The highest BCUT2D eigenvalue weighted by atomic mass is 32.2. The molecule has 0 unspecified atom stereocenters. The summed E-state index contributed by atoms with van der Waals surface area (Å²) in [6, 6.07) is 3.55. The number of nitrogens with zero attached hydrogens (tertiary/aromatic N) is 3. The van der Waals surface area contributed by atoms with E-state index < -0.39 is 0 Å². The van der Waals surface area contributed by atoms with Crippen molar-refractivity contribution in [3.05, 3.63) is 36.2 Å². The summed E-state index contributed by atoms with van der Waals surface area (Å²) in [5, 5.41) is 9.64. The maximum atomic E-state index is 11.8. The number of rotatable bonds is 5. The molecule has 6 nitrogen and oxygen atoms in total. The molecule has 0 aliphatic rings. The van der Waals surface area contributed by atoms with Crippen molar-refractivity contribution in [3.63, 3.8) is 0 Å². The van der Waals surface area contributed by atoms with Gasteiger partial charge in [0.1, 0.15) is 5.82 Å². The van der Waals surface area contributed by atoms with Crippen LogP contribution in [0.25, 0.3) is 0 Å². The second-order valence-electron chi connectivity index (χ2n) is 4.04. The van der Waals surface area contributed by atoms with Crippen LogP contribution in [-0.4, -0.2) is 31.8 Å². The minimum atomic E-state index is -0.199. The number of aryl methyl sites for hydroxylation is 1. The summed E-state index contributed by atoms with van der Waals surface area (Å²) in [5.41, 5.74) is 0. The summed E-state index contributed by atoms with van der Waals surface area (Å²) >= 11 is 1.47. The zero-order valence-corrected chi connectivity index (χ0v) is 11.6. The number of hydrogen-bond acceptors (Lipinski definition) is 5. The van der Waals surface area contributed by atoms with Gasteiger partial charge in [-0.3, -0.25) is 14.9 Å². The first-order valence-corrected chi connectivity index (χ1v) is 6.85. The van der Waals surface area contributed by atoms with Crippen molar-refractivity contribution in [1.29, 1.82) is 0 Å². The first kappa shape index (κ1) is 13.5. The normalized spacial score (nSPS) is 12.1. The molecule has 0 aliphatic heterocycles. The number of hydrogen-bond donors (Lipinski definition) is 2. The third-order valence-electron chi connectivity index (χ3n) is 2.40. The summed E-state index contributed by atoms with van der Waals surface area (Å²) in [5.74, 6) is 1.65. The SMILES string of the molecule is Cc1nc([C@H](C)NC(=O)CSc2ccncc2)n[nH]1. The van der Waals surface area contributed by atoms with E-state index in [1.807, 2.05) is 26.0 Å². The van der Waals surface area contributed by atoms with Crippen LogP contribution < -0.4 is 5.32 Å². The molecule has 0 spiro atoms. The Hall–Kier alpha value is -1.89. The molecule has 2 rings (SSSR count). The van der Waals surface area contributed by atoms with Gasteiger partial charge in [0, 0.05) is 17.3 Å². The highest BCUT2D eigenvalue weighted by molar-refractivity contribution is 8.00. The number of aromatic nitrogens is 4. The zero-order valence-electron chi connectivity index (χ0n) is 10.8. The van der Waals surface area contributed by atoms with E-state index in [-0.39, 0.29) is 11.9 Å². The number of aromatic amines is 1. The molecule has 2 heterocycles. The molecular weight excluding hydrogens is 262 g/mol. The molecule has 0 saturated heterocycles. The van der Waals surface area contributed by atoms with Gasteiger partial charge in [-0.25, -0.2) is 4.98 Å². The smallest absolute Gasteiger partial charge is 0.230 e. The number of pyridine rings is 1. The van der Waals surface area contributed by atoms with Crippen molar-refractivity contribution in [1.82, 2.24) is 25.5 Å². The van der Waals surface area contributed by atoms with Crippen molar-refractivity contribution in [3.8, 4) is 0 Å². The van der Waals surface area contributed by atoms with Crippen LogP contribution in [0.2, 0.25) is 0 Å². The average molecular weight is 277 g/mol. The summed E-state index contributed by atoms with van der Waals surface area (Å²) in [6.45, 7) is 3.68. The number of carbonyl (C=O) groups is 1. The van der Waals surface area contributed by atoms with Gasteiger partial charge in [0.2, 0.25) is 5.91 Å². The van der Waals surface area contributed by atoms with Gasteiger partial charge in [-0.05, 0) is 26.0 Å². The molecule has 1 amide bonds. The number of nitrogens with one attached hydrogen (secondary N) is 2. The second-order valence-corrected chi connectivity index (χ2v) is 5.09. The largest absolute Gasteiger partial charge is 0.346 e. The molecule has 1 atom stereocenters. The van der Waals surface area contributed by atoms with Crippen molar-refractivity contribution in [2.45, 2.75) is 24.8 Å². The van der Waals surface area contributed by atoms with Gasteiger partial charge < -0.3 is 5.32 Å². The van der Waals surface area contributed by atoms with Crippen LogP contribution in [0, 0.1) is 6.92 Å². The van der Waals surface area contributed by atoms with E-state index in [1.165, 1.54) is 11.8 Å². The van der Waals surface area contributed by atoms with Gasteiger partial charge in [0.05, 0.1) is 11.8 Å². The third-order valence-corrected chi connectivity index (χ3v) is 3.41. The van der Waals surface area contributed by atoms with Gasteiger partial charge in [-0.2, -0.15) is 5.10 Å². The lowest BCUT2D eigenvalue weighted by Gasteiger charge is -2.10. The molecule has 0 fully saturated rings. The van der Waals surface area contributed by atoms with Gasteiger partial charge in [0.15, 0.2) is 5.82 Å². The molecule has 0 saturated carbocycles. The molecule has 19 heavy (non-hydrogen) atoms. The number of thioether (sulfide) groups is 1. The molecule has 0 radical (unpaired) electrons. The Morgan fingerprint density at radius 2 is 2.21 bits per heavy atom. The Morgan fingerprint density at radius 3 is 2.84 bits per heavy atom. The highest BCUT2D eigenvalue weighted by Crippen LogP contribution is 2.16. The molecule has 2 N–H and O–H groups in total. The van der Waals surface area contributed by atoms with Crippen LogP contribution in [0.4, 0.5) is 0 Å². The van der Waals surface area contributed by atoms with Gasteiger partial charge in [-0.15, -0.1) is 11.8 Å². The monoisotopic (exact) mass is 277 g/mol. The van der Waals surface area contributed by atoms with Crippen LogP contribution in [0.1, 0.15) is 24.6 Å². The lowest BCUT2D eigenvalue weighted by Crippen LogP contribution is -2.28. The molecule has 100 valence electrons. The zero-order chi connectivity index (χ0) is 13.7. The Labute approximate surface area is 115 Å². The standard InChI is InChI=1S/C12H15N5OS/c1-8(12-15-9(2)16-17-12)14-11(18)7-19-10-3-5-13-6-4-10/h3-6,8H,7H2,1-2H3,(H,14,18)(H,15,16,17)/t8-/m0/s1. The number of amides is 1. The molecule has 2 aromatic heterocycles. The Bertz CT molecular complexity index is 542. The average Bonchev–Trinajstić information content (AvgIpc) is 2.84. The number of carbonyl (C=O) groups excluding carboxylic acids is 1. The fourth-order valence-electron chi connectivity index (χ4n) is 1.48. The lowest BCUT2D eigenvalue weighted by molar-refractivity contribution is -0.119. The Kier molecular flexibility index (Phi) is 4.51. The molecule has 7 heteroatoms. The summed E-state index contributed by atoms with van der Waals surface area (Å²) in [7, 11) is 0. The minimum absolute atomic E-state index is 0.0447. The van der Waals surface area contributed by atoms with Gasteiger partial charge in [0.25, 0.3) is 0 Å². The van der Waals surface area contributed by atoms with Gasteiger partial charge >= 0.3 is 0 Å². The predicted octanol–water partition coefficient (Wildman–Crippen LogP) is 1.48. The van der Waals surface area contributed by atoms with Crippen molar-refractivity contribution >= 4 is 17.7 Å². The highest BCUT2D eigenvalue weighted by Gasteiger charge is 2.13. The minimum Gasteiger partial charge on any atom is -0.346 e. The van der Waals surface area contributed by atoms with Gasteiger partial charge in [-0.1, -0.05) is 0 Å². The molecule has 2 aromatic rings. The third kappa shape index (κ3) is 4.06. The maximum absolute atomic E-state index is 11.8. The quantitative estimate of drug-likeness (QED) is 0.809. The van der Waals surface area contributed by atoms with Crippen LogP contribution in [0.15, 0.2) is 29.4 Å². The van der Waals surface area contributed by atoms with E-state index >= 15 is 0 Å². The fraction of sp³-hybridized carbons (Fsp3) is 0.333. The molecule has 0 bridgehead atoms. The topological polar surface area (TPSA) is 83.6 Å². The van der Waals surface area contributed by atoms with Crippen LogP contribution in [0.3, 0.4) is 0 Å². The summed E-state index contributed by atoms with van der Waals surface area (Å²) < 4.78 is 0. The molecular formula is C12H15N5OS. The fourth-order valence-corrected chi connectivity index (χ4v) is 2.18. The van der Waals surface area contributed by atoms with Crippen LogP contribution >= 0.6 is 11.8 Å². The van der Waals surface area contributed by atoms with E-state index in [0.717, 1.165) is 10.7 Å². The van der Waals surface area contributed by atoms with Crippen LogP contribution in [0.5, 0.6) is 0 Å². The van der Waals surface area contributed by atoms with E-state index in [1.54, 1.807) is 12.4 Å². The summed E-state index contributed by atoms with van der Waals surface area (Å²) in [6.07, 6.45) is 3.42. The van der Waals surface area contributed by atoms with Crippen molar-refractivity contribution in [2.24, 2.45) is 0 Å². The van der Waals surface area contributed by atoms with Crippen molar-refractivity contribution < 1.29 is 4.79 Å². The lowest BCUT2D eigenvalue weighted by atomic mass is 10.3. The first-order chi connectivity index (χ1) is 9.15. The molecule has 0 aliphatic carbocycles. The van der Waals surface area contributed by atoms with E-state index in [4.69, 9.17) is 0 Å². The van der Waals surface area contributed by atoms with Crippen LogP contribution in [-0.2, 0) is 4.79 Å². The predicted molar refractivity (Wildman–Crippen MR) is 72.6 cm³/mol. The van der Waals surface area contributed by atoms with Crippen molar-refractivity contribution in [2.75, 3.05) is 5.75 Å². The Balaban J connectivity index is 1.81. The first-order valence-electron chi connectivity index (χ1n) is 5.86. The van der Waals surface area contributed by atoms with E-state index in [0.29, 0.717) is 11.6 Å².